The normalized spacial score (nSPS) is 19.1. The largest absolute Gasteiger partial charge is 0.467 e. The number of hydrogen-bond donors (Lipinski definition) is 1. The van der Waals surface area contributed by atoms with Crippen molar-refractivity contribution in [3.63, 3.8) is 0 Å². The van der Waals surface area contributed by atoms with Crippen LogP contribution in [0.25, 0.3) is 0 Å². The van der Waals surface area contributed by atoms with Gasteiger partial charge in [0, 0.05) is 6.61 Å². The molecule has 7 heteroatoms. The van der Waals surface area contributed by atoms with Gasteiger partial charge in [-0.1, -0.05) is 17.7 Å². The summed E-state index contributed by atoms with van der Waals surface area (Å²) in [6, 6.07) is 2.83. The molecule has 1 fully saturated rings. The lowest BCUT2D eigenvalue weighted by molar-refractivity contribution is -0.145. The summed E-state index contributed by atoms with van der Waals surface area (Å²) in [5.41, 5.74) is 0.274. The molecule has 0 spiro atoms. The molecule has 1 N–H and O–H groups in total. The van der Waals surface area contributed by atoms with Crippen molar-refractivity contribution in [2.45, 2.75) is 12.5 Å². The van der Waals surface area contributed by atoms with Crippen LogP contribution in [-0.4, -0.2) is 32.2 Å². The molecule has 0 bridgehead atoms. The number of esters is 1. The number of carbonyl (C=O) groups excluding carboxylic acids is 2. The van der Waals surface area contributed by atoms with E-state index in [1.165, 1.54) is 19.2 Å². The van der Waals surface area contributed by atoms with Gasteiger partial charge in [-0.2, -0.15) is 0 Å². The van der Waals surface area contributed by atoms with Crippen molar-refractivity contribution >= 4 is 23.5 Å². The number of ether oxygens (including phenoxy) is 2. The summed E-state index contributed by atoms with van der Waals surface area (Å²) in [5.74, 6) is -1.97. The lowest BCUT2D eigenvalue weighted by atomic mass is 10.0. The van der Waals surface area contributed by atoms with E-state index in [1.807, 2.05) is 0 Å². The number of nitrogens with one attached hydrogen (secondary N) is 1. The first-order valence-electron chi connectivity index (χ1n) is 6.44. The van der Waals surface area contributed by atoms with Gasteiger partial charge in [-0.15, -0.1) is 0 Å². The smallest absolute Gasteiger partial charge is 0.333 e. The highest BCUT2D eigenvalue weighted by molar-refractivity contribution is 6.30. The van der Waals surface area contributed by atoms with Gasteiger partial charge in [-0.25, -0.2) is 9.18 Å². The maximum Gasteiger partial charge on any atom is 0.333 e. The predicted octanol–water partition coefficient (Wildman–Crippen LogP) is 1.85. The minimum absolute atomic E-state index is 0.0575. The number of benzene rings is 1. The average molecular weight is 316 g/mol. The Hall–Kier alpha value is -1.66. The fourth-order valence-corrected chi connectivity index (χ4v) is 2.21. The molecule has 1 aromatic carbocycles. The van der Waals surface area contributed by atoms with Crippen LogP contribution in [0, 0.1) is 11.7 Å². The Bertz CT molecular complexity index is 546. The maximum atomic E-state index is 13.5. The van der Waals surface area contributed by atoms with E-state index in [9.17, 15) is 14.0 Å². The Balaban J connectivity index is 2.19. The zero-order chi connectivity index (χ0) is 15.4. The van der Waals surface area contributed by atoms with Crippen LogP contribution in [0.1, 0.15) is 18.0 Å². The van der Waals surface area contributed by atoms with Crippen LogP contribution in [0.3, 0.4) is 0 Å². The van der Waals surface area contributed by atoms with Crippen molar-refractivity contribution in [2.75, 3.05) is 20.3 Å². The molecule has 0 unspecified atom stereocenters. The summed E-state index contributed by atoms with van der Waals surface area (Å²) in [6.45, 7) is 0.825. The Morgan fingerprint density at radius 2 is 2.29 bits per heavy atom. The highest BCUT2D eigenvalue weighted by Crippen LogP contribution is 2.22. The Kier molecular flexibility index (Phi) is 5.14. The second-order valence-electron chi connectivity index (χ2n) is 4.70. The molecular formula is C14H15ClFNO4. The lowest BCUT2D eigenvalue weighted by Gasteiger charge is -2.19. The third-order valence-corrected chi connectivity index (χ3v) is 3.61. The first-order chi connectivity index (χ1) is 10.0. The molecule has 21 heavy (non-hydrogen) atoms. The first kappa shape index (κ1) is 15.7. The van der Waals surface area contributed by atoms with Crippen molar-refractivity contribution < 1.29 is 23.5 Å². The predicted molar refractivity (Wildman–Crippen MR) is 73.2 cm³/mol. The summed E-state index contributed by atoms with van der Waals surface area (Å²) in [7, 11) is 1.20. The maximum absolute atomic E-state index is 13.5. The van der Waals surface area contributed by atoms with Gasteiger partial charge in [0.25, 0.3) is 0 Å². The monoisotopic (exact) mass is 315 g/mol. The quantitative estimate of drug-likeness (QED) is 0.861. The fraction of sp³-hybridized carbons (Fsp3) is 0.429. The van der Waals surface area contributed by atoms with E-state index in [2.05, 4.69) is 10.1 Å². The average Bonchev–Trinajstić information content (AvgIpc) is 3.01. The molecule has 1 heterocycles. The van der Waals surface area contributed by atoms with Crippen molar-refractivity contribution in [3.05, 3.63) is 34.6 Å². The highest BCUT2D eigenvalue weighted by Gasteiger charge is 2.30. The van der Waals surface area contributed by atoms with Gasteiger partial charge >= 0.3 is 5.97 Å². The van der Waals surface area contributed by atoms with E-state index in [0.717, 1.165) is 6.07 Å². The number of amides is 1. The van der Waals surface area contributed by atoms with Crippen LogP contribution >= 0.6 is 11.6 Å². The van der Waals surface area contributed by atoms with E-state index < -0.39 is 17.8 Å². The van der Waals surface area contributed by atoms with Crippen LogP contribution < -0.4 is 5.32 Å². The Morgan fingerprint density at radius 1 is 1.52 bits per heavy atom. The summed E-state index contributed by atoms with van der Waals surface area (Å²) in [4.78, 5) is 23.9. The molecule has 0 aromatic heterocycles. The van der Waals surface area contributed by atoms with Gasteiger partial charge in [0.2, 0.25) is 5.91 Å². The van der Waals surface area contributed by atoms with Crippen LogP contribution in [0.2, 0.25) is 5.02 Å². The standard InChI is InChI=1S/C14H15ClFNO4/c1-20-14(19)12(8-2-3-10(15)11(16)6-8)17-13(18)9-4-5-21-7-9/h2-3,6,9,12H,4-5,7H2,1H3,(H,17,18)/t9-,12+/m0/s1. The molecule has 2 atom stereocenters. The fourth-order valence-electron chi connectivity index (χ4n) is 2.09. The number of hydrogen-bond acceptors (Lipinski definition) is 4. The van der Waals surface area contributed by atoms with Crippen LogP contribution in [0.15, 0.2) is 18.2 Å². The van der Waals surface area contributed by atoms with Gasteiger partial charge < -0.3 is 14.8 Å². The molecule has 1 saturated heterocycles. The minimum Gasteiger partial charge on any atom is -0.467 e. The van der Waals surface area contributed by atoms with E-state index in [0.29, 0.717) is 19.6 Å². The molecule has 1 aliphatic rings. The lowest BCUT2D eigenvalue weighted by Crippen LogP contribution is -2.38. The Labute approximate surface area is 126 Å². The number of halogens is 2. The zero-order valence-corrected chi connectivity index (χ0v) is 12.2. The van der Waals surface area contributed by atoms with Crippen LogP contribution in [0.5, 0.6) is 0 Å². The third-order valence-electron chi connectivity index (χ3n) is 3.30. The second kappa shape index (κ2) is 6.87. The zero-order valence-electron chi connectivity index (χ0n) is 11.4. The summed E-state index contributed by atoms with van der Waals surface area (Å²) in [5, 5.41) is 2.51. The summed E-state index contributed by atoms with van der Waals surface area (Å²) in [6.07, 6.45) is 0.592. The molecule has 1 amide bonds. The number of rotatable bonds is 4. The third kappa shape index (κ3) is 3.71. The molecule has 0 radical (unpaired) electrons. The van der Waals surface area contributed by atoms with Crippen molar-refractivity contribution in [1.82, 2.24) is 5.32 Å². The van der Waals surface area contributed by atoms with E-state index in [1.54, 1.807) is 0 Å². The van der Waals surface area contributed by atoms with Crippen molar-refractivity contribution in [1.29, 1.82) is 0 Å². The topological polar surface area (TPSA) is 64.6 Å². The minimum atomic E-state index is -1.07. The van der Waals surface area contributed by atoms with Crippen molar-refractivity contribution in [2.24, 2.45) is 5.92 Å². The van der Waals surface area contributed by atoms with Gasteiger partial charge in [0.1, 0.15) is 5.82 Å². The Morgan fingerprint density at radius 3 is 2.86 bits per heavy atom. The van der Waals surface area contributed by atoms with Gasteiger partial charge in [-0.3, -0.25) is 4.79 Å². The molecular weight excluding hydrogens is 301 g/mol. The molecule has 5 nitrogen and oxygen atoms in total. The van der Waals surface area contributed by atoms with Gasteiger partial charge in [-0.05, 0) is 24.1 Å². The molecule has 0 saturated carbocycles. The highest BCUT2D eigenvalue weighted by atomic mass is 35.5. The number of methoxy groups -OCH3 is 1. The SMILES string of the molecule is COC(=O)[C@H](NC(=O)[C@H]1CCOC1)c1ccc(Cl)c(F)c1. The summed E-state index contributed by atoms with van der Waals surface area (Å²) >= 11 is 5.61. The van der Waals surface area contributed by atoms with E-state index >= 15 is 0 Å². The molecule has 114 valence electrons. The van der Waals surface area contributed by atoms with Gasteiger partial charge in [0.05, 0.1) is 24.7 Å². The molecule has 0 aliphatic carbocycles. The molecule has 1 aliphatic heterocycles. The van der Waals surface area contributed by atoms with E-state index in [4.69, 9.17) is 16.3 Å². The number of carbonyl (C=O) groups is 2. The first-order valence-corrected chi connectivity index (χ1v) is 6.81. The van der Waals surface area contributed by atoms with Crippen LogP contribution in [0.4, 0.5) is 4.39 Å². The van der Waals surface area contributed by atoms with Crippen molar-refractivity contribution in [3.8, 4) is 0 Å². The molecule has 2 rings (SSSR count). The van der Waals surface area contributed by atoms with Crippen LogP contribution in [-0.2, 0) is 19.1 Å². The second-order valence-corrected chi connectivity index (χ2v) is 5.11. The van der Waals surface area contributed by atoms with E-state index in [-0.39, 0.29) is 22.4 Å². The summed E-state index contributed by atoms with van der Waals surface area (Å²) < 4.78 is 23.3. The molecule has 1 aromatic rings. The van der Waals surface area contributed by atoms with Gasteiger partial charge in [0.15, 0.2) is 6.04 Å².